The van der Waals surface area contributed by atoms with Crippen LogP contribution in [-0.2, 0) is 0 Å². The summed E-state index contributed by atoms with van der Waals surface area (Å²) in [5, 5.41) is 6.35. The fraction of sp³-hybridized carbons (Fsp3) is 0.667. The molecule has 0 radical (unpaired) electrons. The number of nitrogens with two attached hydrogens (primary N) is 1. The summed E-state index contributed by atoms with van der Waals surface area (Å²) in [5.74, 6) is 1.80. The third kappa shape index (κ3) is 2.48. The van der Waals surface area contributed by atoms with Crippen molar-refractivity contribution in [1.29, 1.82) is 0 Å². The monoisotopic (exact) mass is 250 g/mol. The van der Waals surface area contributed by atoms with E-state index in [0.717, 1.165) is 18.2 Å². The Balaban J connectivity index is 2.03. The van der Waals surface area contributed by atoms with E-state index in [1.54, 1.807) is 0 Å². The van der Waals surface area contributed by atoms with Gasteiger partial charge in [-0.2, -0.15) is 9.97 Å². The molecule has 0 amide bonds. The van der Waals surface area contributed by atoms with Crippen LogP contribution in [-0.4, -0.2) is 48.1 Å². The first kappa shape index (κ1) is 12.9. The van der Waals surface area contributed by atoms with Crippen LogP contribution >= 0.6 is 0 Å². The van der Waals surface area contributed by atoms with Gasteiger partial charge in [0, 0.05) is 25.2 Å². The molecule has 0 spiro atoms. The van der Waals surface area contributed by atoms with Gasteiger partial charge in [0.15, 0.2) is 0 Å². The van der Waals surface area contributed by atoms with E-state index in [1.807, 2.05) is 13.1 Å². The average Bonchev–Trinajstić information content (AvgIpc) is 2.26. The lowest BCUT2D eigenvalue weighted by Crippen LogP contribution is -2.54. The number of aromatic nitrogens is 2. The molecule has 4 N–H and O–H groups in total. The number of hydrogen-bond donors (Lipinski definition) is 3. The van der Waals surface area contributed by atoms with E-state index in [4.69, 9.17) is 5.73 Å². The normalized spacial score (nSPS) is 17.3. The Hall–Kier alpha value is -1.56. The largest absolute Gasteiger partial charge is 0.373 e. The van der Waals surface area contributed by atoms with Crippen LogP contribution in [0.3, 0.4) is 0 Å². The fourth-order valence-electron chi connectivity index (χ4n) is 2.31. The molecule has 6 nitrogen and oxygen atoms in total. The third-order valence-electron chi connectivity index (χ3n) is 3.83. The SMILES string of the molecule is CNc1cc(NCC2(N(C)C)CCC2)nc(N)n1. The highest BCUT2D eigenvalue weighted by molar-refractivity contribution is 5.50. The zero-order valence-corrected chi connectivity index (χ0v) is 11.3. The Morgan fingerprint density at radius 2 is 2.00 bits per heavy atom. The summed E-state index contributed by atoms with van der Waals surface area (Å²) in [7, 11) is 6.08. The molecule has 1 aliphatic carbocycles. The summed E-state index contributed by atoms with van der Waals surface area (Å²) in [4.78, 5) is 10.6. The Morgan fingerprint density at radius 3 is 2.50 bits per heavy atom. The fourth-order valence-corrected chi connectivity index (χ4v) is 2.31. The number of nitrogens with zero attached hydrogens (tertiary/aromatic N) is 3. The van der Waals surface area contributed by atoms with Crippen molar-refractivity contribution in [2.75, 3.05) is 44.1 Å². The number of rotatable bonds is 5. The number of anilines is 3. The van der Waals surface area contributed by atoms with Crippen LogP contribution in [0.1, 0.15) is 19.3 Å². The number of nitrogens with one attached hydrogen (secondary N) is 2. The second-order valence-corrected chi connectivity index (χ2v) is 5.07. The first-order chi connectivity index (χ1) is 8.55. The lowest BCUT2D eigenvalue weighted by atomic mass is 9.75. The van der Waals surface area contributed by atoms with Crippen LogP contribution < -0.4 is 16.4 Å². The summed E-state index contributed by atoms with van der Waals surface area (Å²) in [6.45, 7) is 0.888. The van der Waals surface area contributed by atoms with Crippen molar-refractivity contribution in [3.05, 3.63) is 6.07 Å². The van der Waals surface area contributed by atoms with Gasteiger partial charge in [-0.3, -0.25) is 0 Å². The summed E-state index contributed by atoms with van der Waals surface area (Å²) in [6.07, 6.45) is 3.76. The minimum Gasteiger partial charge on any atom is -0.373 e. The Bertz CT molecular complexity index is 413. The molecule has 2 rings (SSSR count). The number of nitrogen functional groups attached to an aromatic ring is 1. The molecule has 100 valence electrons. The van der Waals surface area contributed by atoms with E-state index in [-0.39, 0.29) is 11.5 Å². The molecule has 1 fully saturated rings. The van der Waals surface area contributed by atoms with Crippen molar-refractivity contribution >= 4 is 17.6 Å². The molecule has 0 aromatic carbocycles. The molecule has 6 heteroatoms. The van der Waals surface area contributed by atoms with E-state index in [2.05, 4.69) is 39.6 Å². The molecule has 0 saturated heterocycles. The predicted molar refractivity (Wildman–Crippen MR) is 74.7 cm³/mol. The van der Waals surface area contributed by atoms with E-state index in [9.17, 15) is 0 Å². The lowest BCUT2D eigenvalue weighted by molar-refractivity contribution is 0.0738. The summed E-state index contributed by atoms with van der Waals surface area (Å²) >= 11 is 0. The van der Waals surface area contributed by atoms with Crippen molar-refractivity contribution < 1.29 is 0 Å². The van der Waals surface area contributed by atoms with Gasteiger partial charge < -0.3 is 21.3 Å². The Morgan fingerprint density at radius 1 is 1.33 bits per heavy atom. The lowest BCUT2D eigenvalue weighted by Gasteiger charge is -2.47. The highest BCUT2D eigenvalue weighted by Gasteiger charge is 2.38. The van der Waals surface area contributed by atoms with Crippen LogP contribution in [0.2, 0.25) is 0 Å². The molecule has 1 aromatic rings. The van der Waals surface area contributed by atoms with Crippen LogP contribution in [0.4, 0.5) is 17.6 Å². The second-order valence-electron chi connectivity index (χ2n) is 5.07. The summed E-state index contributed by atoms with van der Waals surface area (Å²) in [5.41, 5.74) is 5.93. The molecule has 1 aromatic heterocycles. The molecule has 0 bridgehead atoms. The molecule has 0 atom stereocenters. The quantitative estimate of drug-likeness (QED) is 0.723. The molecular weight excluding hydrogens is 228 g/mol. The molecule has 1 heterocycles. The molecular formula is C12H22N6. The molecule has 0 aliphatic heterocycles. The summed E-state index contributed by atoms with van der Waals surface area (Å²) < 4.78 is 0. The first-order valence-electron chi connectivity index (χ1n) is 6.29. The van der Waals surface area contributed by atoms with Crippen LogP contribution in [0.25, 0.3) is 0 Å². The van der Waals surface area contributed by atoms with Gasteiger partial charge in [-0.15, -0.1) is 0 Å². The van der Waals surface area contributed by atoms with Gasteiger partial charge in [0.1, 0.15) is 11.6 Å². The standard InChI is InChI=1S/C12H22N6/c1-14-9-7-10(17-11(13)16-9)15-8-12(18(2)3)5-4-6-12/h7H,4-6,8H2,1-3H3,(H4,13,14,15,16,17). The van der Waals surface area contributed by atoms with Gasteiger partial charge in [0.2, 0.25) is 5.95 Å². The highest BCUT2D eigenvalue weighted by Crippen LogP contribution is 2.36. The van der Waals surface area contributed by atoms with Crippen molar-refractivity contribution in [3.63, 3.8) is 0 Å². The van der Waals surface area contributed by atoms with E-state index in [0.29, 0.717) is 0 Å². The number of likely N-dealkylation sites (N-methyl/N-ethyl adjacent to an activating group) is 1. The molecule has 1 aliphatic rings. The molecule has 1 saturated carbocycles. The van der Waals surface area contributed by atoms with Gasteiger partial charge in [0.25, 0.3) is 0 Å². The minimum atomic E-state index is 0.263. The Labute approximate surface area is 108 Å². The first-order valence-corrected chi connectivity index (χ1v) is 6.29. The Kier molecular flexibility index (Phi) is 3.56. The van der Waals surface area contributed by atoms with Gasteiger partial charge in [-0.1, -0.05) is 0 Å². The second kappa shape index (κ2) is 4.97. The highest BCUT2D eigenvalue weighted by atomic mass is 15.2. The van der Waals surface area contributed by atoms with Crippen LogP contribution in [0.5, 0.6) is 0 Å². The van der Waals surface area contributed by atoms with E-state index < -0.39 is 0 Å². The molecule has 18 heavy (non-hydrogen) atoms. The topological polar surface area (TPSA) is 79.1 Å². The maximum absolute atomic E-state index is 5.67. The smallest absolute Gasteiger partial charge is 0.223 e. The third-order valence-corrected chi connectivity index (χ3v) is 3.83. The van der Waals surface area contributed by atoms with Crippen LogP contribution in [0.15, 0.2) is 6.07 Å². The van der Waals surface area contributed by atoms with Gasteiger partial charge >= 0.3 is 0 Å². The van der Waals surface area contributed by atoms with E-state index in [1.165, 1.54) is 19.3 Å². The zero-order valence-electron chi connectivity index (χ0n) is 11.3. The van der Waals surface area contributed by atoms with Gasteiger partial charge in [-0.25, -0.2) is 0 Å². The maximum atomic E-state index is 5.67. The van der Waals surface area contributed by atoms with Crippen molar-refractivity contribution in [2.45, 2.75) is 24.8 Å². The maximum Gasteiger partial charge on any atom is 0.223 e. The van der Waals surface area contributed by atoms with Crippen molar-refractivity contribution in [3.8, 4) is 0 Å². The van der Waals surface area contributed by atoms with E-state index >= 15 is 0 Å². The van der Waals surface area contributed by atoms with Crippen molar-refractivity contribution in [2.24, 2.45) is 0 Å². The van der Waals surface area contributed by atoms with Crippen molar-refractivity contribution in [1.82, 2.24) is 14.9 Å². The average molecular weight is 250 g/mol. The van der Waals surface area contributed by atoms with Crippen LogP contribution in [0, 0.1) is 0 Å². The zero-order chi connectivity index (χ0) is 13.2. The minimum absolute atomic E-state index is 0.263. The number of hydrogen-bond acceptors (Lipinski definition) is 6. The van der Waals surface area contributed by atoms with Gasteiger partial charge in [0.05, 0.1) is 0 Å². The predicted octanol–water partition coefficient (Wildman–Crippen LogP) is 0.997. The summed E-state index contributed by atoms with van der Waals surface area (Å²) in [6, 6.07) is 1.87. The molecule has 0 unspecified atom stereocenters. The van der Waals surface area contributed by atoms with Gasteiger partial charge in [-0.05, 0) is 33.4 Å².